The number of halogens is 1. The second-order valence-electron chi connectivity index (χ2n) is 5.39. The molecule has 0 aliphatic rings. The maximum atomic E-state index is 5.54. The first-order valence-corrected chi connectivity index (χ1v) is 9.02. The summed E-state index contributed by atoms with van der Waals surface area (Å²) in [5, 5.41) is 10.7. The molecule has 0 spiro atoms. The summed E-state index contributed by atoms with van der Waals surface area (Å²) in [5.74, 6) is 0.834. The highest BCUT2D eigenvalue weighted by molar-refractivity contribution is 14.0. The van der Waals surface area contributed by atoms with Gasteiger partial charge in [-0.2, -0.15) is 5.10 Å². The van der Waals surface area contributed by atoms with E-state index in [4.69, 9.17) is 9.47 Å². The molecule has 0 aliphatic heterocycles. The minimum atomic E-state index is 0. The molecule has 0 radical (unpaired) electrons. The Bertz CT molecular complexity index is 415. The quantitative estimate of drug-likeness (QED) is 0.190. The fraction of sp³-hybridized carbons (Fsp3) is 0.765. The number of unbranched alkanes of at least 4 members (excludes halogenated alkanes) is 1. The number of nitrogens with one attached hydrogen (secondary N) is 2. The van der Waals surface area contributed by atoms with Crippen molar-refractivity contribution in [3.8, 4) is 0 Å². The zero-order valence-corrected chi connectivity index (χ0v) is 17.9. The SMILES string of the molecule is CCCCOCCOCCNC(=NCCCn1cccn1)NCC.I. The van der Waals surface area contributed by atoms with Gasteiger partial charge in [0.15, 0.2) is 5.96 Å². The molecule has 0 bridgehead atoms. The van der Waals surface area contributed by atoms with Crippen molar-refractivity contribution >= 4 is 29.9 Å². The Morgan fingerprint density at radius 3 is 2.56 bits per heavy atom. The third-order valence-electron chi connectivity index (χ3n) is 3.27. The number of ether oxygens (including phenoxy) is 2. The molecule has 2 N–H and O–H groups in total. The van der Waals surface area contributed by atoms with Gasteiger partial charge in [-0.3, -0.25) is 9.67 Å². The van der Waals surface area contributed by atoms with Gasteiger partial charge in [0.2, 0.25) is 0 Å². The molecule has 0 saturated heterocycles. The zero-order valence-electron chi connectivity index (χ0n) is 15.6. The highest BCUT2D eigenvalue weighted by atomic mass is 127. The summed E-state index contributed by atoms with van der Waals surface area (Å²) in [6.45, 7) is 10.2. The largest absolute Gasteiger partial charge is 0.379 e. The van der Waals surface area contributed by atoms with E-state index >= 15 is 0 Å². The third kappa shape index (κ3) is 14.0. The zero-order chi connectivity index (χ0) is 17.3. The molecular weight excluding hydrogens is 433 g/mol. The Morgan fingerprint density at radius 1 is 1.08 bits per heavy atom. The van der Waals surface area contributed by atoms with Gasteiger partial charge in [-0.25, -0.2) is 0 Å². The number of hydrogen-bond donors (Lipinski definition) is 2. The summed E-state index contributed by atoms with van der Waals surface area (Å²) < 4.78 is 12.9. The first kappa shape index (κ1) is 24.1. The number of nitrogens with zero attached hydrogens (tertiary/aromatic N) is 3. The van der Waals surface area contributed by atoms with E-state index in [1.54, 1.807) is 6.20 Å². The standard InChI is InChI=1S/C17H33N5O2.HI/c1-3-5-13-23-15-16-24-14-10-20-17(18-4-2)19-8-6-11-22-12-7-9-21-22;/h7,9,12H,3-6,8,10-11,13-16H2,1-2H3,(H2,18,19,20);1H. The average Bonchev–Trinajstić information content (AvgIpc) is 3.10. The predicted octanol–water partition coefficient (Wildman–Crippen LogP) is 2.28. The molecule has 0 saturated carbocycles. The molecule has 0 amide bonds. The lowest BCUT2D eigenvalue weighted by atomic mass is 10.4. The van der Waals surface area contributed by atoms with E-state index in [0.717, 1.165) is 51.6 Å². The van der Waals surface area contributed by atoms with Gasteiger partial charge in [-0.05, 0) is 25.8 Å². The Balaban J connectivity index is 0.00000576. The van der Waals surface area contributed by atoms with Gasteiger partial charge < -0.3 is 20.1 Å². The van der Waals surface area contributed by atoms with Crippen LogP contribution in [0.4, 0.5) is 0 Å². The Kier molecular flexibility index (Phi) is 17.3. The van der Waals surface area contributed by atoms with Gasteiger partial charge >= 0.3 is 0 Å². The van der Waals surface area contributed by atoms with Crippen LogP contribution in [0.3, 0.4) is 0 Å². The lowest BCUT2D eigenvalue weighted by molar-refractivity contribution is 0.0487. The van der Waals surface area contributed by atoms with Crippen LogP contribution >= 0.6 is 24.0 Å². The maximum absolute atomic E-state index is 5.54. The molecular formula is C17H34IN5O2. The lowest BCUT2D eigenvalue weighted by Gasteiger charge is -2.11. The Hall–Kier alpha value is -0.870. The lowest BCUT2D eigenvalue weighted by Crippen LogP contribution is -2.39. The number of aryl methyl sites for hydroxylation is 1. The molecule has 0 unspecified atom stereocenters. The summed E-state index contributed by atoms with van der Waals surface area (Å²) in [7, 11) is 0. The molecule has 0 atom stereocenters. The summed E-state index contributed by atoms with van der Waals surface area (Å²) in [5.41, 5.74) is 0. The van der Waals surface area contributed by atoms with Crippen molar-refractivity contribution in [3.05, 3.63) is 18.5 Å². The minimum Gasteiger partial charge on any atom is -0.379 e. The maximum Gasteiger partial charge on any atom is 0.191 e. The van der Waals surface area contributed by atoms with E-state index in [1.165, 1.54) is 6.42 Å². The highest BCUT2D eigenvalue weighted by Gasteiger charge is 1.97. The van der Waals surface area contributed by atoms with Crippen molar-refractivity contribution < 1.29 is 9.47 Å². The summed E-state index contributed by atoms with van der Waals surface area (Å²) in [4.78, 5) is 4.55. The highest BCUT2D eigenvalue weighted by Crippen LogP contribution is 1.90. The van der Waals surface area contributed by atoms with E-state index < -0.39 is 0 Å². The first-order valence-electron chi connectivity index (χ1n) is 9.02. The van der Waals surface area contributed by atoms with Crippen LogP contribution in [-0.2, 0) is 16.0 Å². The average molecular weight is 467 g/mol. The first-order chi connectivity index (χ1) is 11.9. The molecule has 1 aromatic rings. The summed E-state index contributed by atoms with van der Waals surface area (Å²) in [6.07, 6.45) is 7.01. The molecule has 146 valence electrons. The van der Waals surface area contributed by atoms with E-state index in [1.807, 2.05) is 16.9 Å². The van der Waals surface area contributed by atoms with Crippen LogP contribution in [0.5, 0.6) is 0 Å². The van der Waals surface area contributed by atoms with Crippen LogP contribution in [0.15, 0.2) is 23.5 Å². The van der Waals surface area contributed by atoms with Crippen LogP contribution in [0.1, 0.15) is 33.1 Å². The van der Waals surface area contributed by atoms with E-state index in [2.05, 4.69) is 34.6 Å². The van der Waals surface area contributed by atoms with Gasteiger partial charge in [0.1, 0.15) is 0 Å². The van der Waals surface area contributed by atoms with Gasteiger partial charge in [-0.1, -0.05) is 13.3 Å². The van der Waals surface area contributed by atoms with Gasteiger partial charge in [0.25, 0.3) is 0 Å². The number of guanidine groups is 1. The van der Waals surface area contributed by atoms with Crippen LogP contribution in [0.25, 0.3) is 0 Å². The molecule has 1 aromatic heterocycles. The number of rotatable bonds is 14. The van der Waals surface area contributed by atoms with E-state index in [-0.39, 0.29) is 24.0 Å². The van der Waals surface area contributed by atoms with Crippen LogP contribution < -0.4 is 10.6 Å². The number of aliphatic imine (C=N–C) groups is 1. The molecule has 1 rings (SSSR count). The second-order valence-corrected chi connectivity index (χ2v) is 5.39. The topological polar surface area (TPSA) is 72.7 Å². The van der Waals surface area contributed by atoms with E-state index in [0.29, 0.717) is 19.8 Å². The normalized spacial score (nSPS) is 11.2. The molecule has 0 aliphatic carbocycles. The van der Waals surface area contributed by atoms with Crippen molar-refractivity contribution in [2.24, 2.45) is 4.99 Å². The van der Waals surface area contributed by atoms with Gasteiger partial charge in [0.05, 0.1) is 19.8 Å². The predicted molar refractivity (Wildman–Crippen MR) is 113 cm³/mol. The van der Waals surface area contributed by atoms with Crippen LogP contribution in [0, 0.1) is 0 Å². The number of hydrogen-bond acceptors (Lipinski definition) is 4. The van der Waals surface area contributed by atoms with Crippen LogP contribution in [-0.4, -0.2) is 61.8 Å². The molecule has 7 nitrogen and oxygen atoms in total. The fourth-order valence-electron chi connectivity index (χ4n) is 2.01. The molecule has 0 fully saturated rings. The van der Waals surface area contributed by atoms with Gasteiger partial charge in [-0.15, -0.1) is 24.0 Å². The molecule has 0 aromatic carbocycles. The molecule has 8 heteroatoms. The molecule has 25 heavy (non-hydrogen) atoms. The minimum absolute atomic E-state index is 0. The second kappa shape index (κ2) is 17.9. The monoisotopic (exact) mass is 467 g/mol. The fourth-order valence-corrected chi connectivity index (χ4v) is 2.01. The number of aromatic nitrogens is 2. The smallest absolute Gasteiger partial charge is 0.191 e. The van der Waals surface area contributed by atoms with Crippen molar-refractivity contribution in [2.75, 3.05) is 46.1 Å². The van der Waals surface area contributed by atoms with Crippen molar-refractivity contribution in [1.82, 2.24) is 20.4 Å². The van der Waals surface area contributed by atoms with Crippen molar-refractivity contribution in [3.63, 3.8) is 0 Å². The molecule has 1 heterocycles. The van der Waals surface area contributed by atoms with E-state index in [9.17, 15) is 0 Å². The Labute approximate surface area is 169 Å². The van der Waals surface area contributed by atoms with Gasteiger partial charge in [0, 0.05) is 45.2 Å². The van der Waals surface area contributed by atoms with Crippen molar-refractivity contribution in [2.45, 2.75) is 39.7 Å². The third-order valence-corrected chi connectivity index (χ3v) is 3.27. The summed E-state index contributed by atoms with van der Waals surface area (Å²) >= 11 is 0. The summed E-state index contributed by atoms with van der Waals surface area (Å²) in [6, 6.07) is 1.93. The van der Waals surface area contributed by atoms with Crippen LogP contribution in [0.2, 0.25) is 0 Å². The Morgan fingerprint density at radius 2 is 1.88 bits per heavy atom. The van der Waals surface area contributed by atoms with Crippen molar-refractivity contribution in [1.29, 1.82) is 0 Å².